The summed E-state index contributed by atoms with van der Waals surface area (Å²) >= 11 is 0. The fourth-order valence-corrected chi connectivity index (χ4v) is 4.17. The van der Waals surface area contributed by atoms with Crippen molar-refractivity contribution in [2.75, 3.05) is 23.9 Å². The Bertz CT molecular complexity index is 1020. The molecule has 0 saturated carbocycles. The number of anilines is 2. The highest BCUT2D eigenvalue weighted by Gasteiger charge is 2.38. The monoisotopic (exact) mass is 422 g/mol. The highest BCUT2D eigenvalue weighted by atomic mass is 16.5. The van der Waals surface area contributed by atoms with E-state index in [4.69, 9.17) is 9.47 Å². The molecule has 7 heteroatoms. The first-order valence-electron chi connectivity index (χ1n) is 10.5. The maximum atomic E-state index is 12.6. The van der Waals surface area contributed by atoms with Gasteiger partial charge in [0.15, 0.2) is 6.10 Å². The van der Waals surface area contributed by atoms with Crippen molar-refractivity contribution < 1.29 is 23.9 Å². The molecule has 162 valence electrons. The van der Waals surface area contributed by atoms with Gasteiger partial charge in [0.2, 0.25) is 5.91 Å². The Morgan fingerprint density at radius 2 is 1.90 bits per heavy atom. The molecule has 4 rings (SSSR count). The molecule has 0 aromatic heterocycles. The van der Waals surface area contributed by atoms with Crippen molar-refractivity contribution in [3.8, 4) is 5.75 Å². The van der Waals surface area contributed by atoms with Crippen molar-refractivity contribution >= 4 is 29.2 Å². The summed E-state index contributed by atoms with van der Waals surface area (Å²) in [6.45, 7) is 1.73. The number of benzene rings is 2. The molecule has 7 nitrogen and oxygen atoms in total. The molecule has 0 radical (unpaired) electrons. The van der Waals surface area contributed by atoms with Crippen LogP contribution in [0.5, 0.6) is 5.75 Å². The Balaban J connectivity index is 1.35. The minimum atomic E-state index is -0.962. The zero-order chi connectivity index (χ0) is 22.0. The van der Waals surface area contributed by atoms with Crippen LogP contribution in [0.25, 0.3) is 0 Å². The van der Waals surface area contributed by atoms with Gasteiger partial charge < -0.3 is 19.7 Å². The van der Waals surface area contributed by atoms with E-state index in [0.29, 0.717) is 17.1 Å². The number of rotatable bonds is 6. The van der Waals surface area contributed by atoms with Crippen LogP contribution in [0.3, 0.4) is 0 Å². The summed E-state index contributed by atoms with van der Waals surface area (Å²) in [5.74, 6) is -1.19. The van der Waals surface area contributed by atoms with Gasteiger partial charge in [0.1, 0.15) is 5.75 Å². The van der Waals surface area contributed by atoms with Crippen molar-refractivity contribution in [2.24, 2.45) is 5.92 Å². The molecule has 1 N–H and O–H groups in total. The first-order chi connectivity index (χ1) is 15.0. The van der Waals surface area contributed by atoms with Gasteiger partial charge in [-0.25, -0.2) is 0 Å². The van der Waals surface area contributed by atoms with Crippen LogP contribution in [-0.2, 0) is 32.0 Å². The van der Waals surface area contributed by atoms with E-state index in [2.05, 4.69) is 5.32 Å². The third-order valence-corrected chi connectivity index (χ3v) is 5.86. The summed E-state index contributed by atoms with van der Waals surface area (Å²) in [6, 6.07) is 13.0. The topological polar surface area (TPSA) is 84.9 Å². The smallest absolute Gasteiger partial charge is 0.312 e. The highest BCUT2D eigenvalue weighted by Crippen LogP contribution is 2.33. The number of hydrogen-bond donors (Lipinski definition) is 1. The third kappa shape index (κ3) is 4.40. The van der Waals surface area contributed by atoms with E-state index in [1.807, 2.05) is 30.3 Å². The first kappa shape index (κ1) is 20.9. The summed E-state index contributed by atoms with van der Waals surface area (Å²) in [7, 11) is 1.53. The molecule has 0 unspecified atom stereocenters. The average molecular weight is 422 g/mol. The zero-order valence-corrected chi connectivity index (χ0v) is 17.7. The van der Waals surface area contributed by atoms with Gasteiger partial charge in [-0.1, -0.05) is 18.2 Å². The standard InChI is InChI=1S/C24H26N2O5/c1-15(23(28)25-19-11-10-16-6-5-7-17(16)12-19)31-24(29)18-13-22(27)26(14-18)20-8-3-4-9-21(20)30-2/h3-4,8-12,15,18H,5-7,13-14H2,1-2H3,(H,25,28)/t15-,18-/m0/s1. The van der Waals surface area contributed by atoms with E-state index in [1.54, 1.807) is 12.1 Å². The molecule has 1 heterocycles. The van der Waals surface area contributed by atoms with E-state index >= 15 is 0 Å². The second-order valence-electron chi connectivity index (χ2n) is 7.98. The van der Waals surface area contributed by atoms with E-state index in [9.17, 15) is 14.4 Å². The second kappa shape index (κ2) is 8.79. The Labute approximate surface area is 181 Å². The Kier molecular flexibility index (Phi) is 5.93. The lowest BCUT2D eigenvalue weighted by Gasteiger charge is -2.20. The van der Waals surface area contributed by atoms with Crippen LogP contribution in [0.4, 0.5) is 11.4 Å². The molecular weight excluding hydrogens is 396 g/mol. The lowest BCUT2D eigenvalue weighted by molar-refractivity contribution is -0.157. The number of esters is 1. The fourth-order valence-electron chi connectivity index (χ4n) is 4.17. The summed E-state index contributed by atoms with van der Waals surface area (Å²) in [5.41, 5.74) is 3.89. The Morgan fingerprint density at radius 3 is 2.71 bits per heavy atom. The second-order valence-corrected chi connectivity index (χ2v) is 7.98. The average Bonchev–Trinajstić information content (AvgIpc) is 3.39. The number of aryl methyl sites for hydroxylation is 2. The SMILES string of the molecule is COc1ccccc1N1C[C@@H](C(=O)O[C@@H](C)C(=O)Nc2ccc3c(c2)CCC3)CC1=O. The van der Waals surface area contributed by atoms with Gasteiger partial charge >= 0.3 is 5.97 Å². The van der Waals surface area contributed by atoms with Gasteiger partial charge in [0.25, 0.3) is 5.91 Å². The molecule has 1 fully saturated rings. The number of carbonyl (C=O) groups excluding carboxylic acids is 3. The Morgan fingerprint density at radius 1 is 1.13 bits per heavy atom. The van der Waals surface area contributed by atoms with Gasteiger partial charge in [0, 0.05) is 18.7 Å². The molecule has 0 bridgehead atoms. The van der Waals surface area contributed by atoms with E-state index in [1.165, 1.54) is 30.1 Å². The number of amides is 2. The molecule has 31 heavy (non-hydrogen) atoms. The third-order valence-electron chi connectivity index (χ3n) is 5.86. The number of carbonyl (C=O) groups is 3. The van der Waals surface area contributed by atoms with E-state index in [0.717, 1.165) is 19.3 Å². The quantitative estimate of drug-likeness (QED) is 0.723. The number of para-hydroxylation sites is 2. The highest BCUT2D eigenvalue weighted by molar-refractivity contribution is 6.01. The van der Waals surface area contributed by atoms with Crippen LogP contribution in [0.15, 0.2) is 42.5 Å². The lowest BCUT2D eigenvalue weighted by Crippen LogP contribution is -2.33. The van der Waals surface area contributed by atoms with Crippen molar-refractivity contribution in [1.29, 1.82) is 0 Å². The van der Waals surface area contributed by atoms with Gasteiger partial charge in [-0.3, -0.25) is 14.4 Å². The minimum absolute atomic E-state index is 0.0377. The van der Waals surface area contributed by atoms with Gasteiger partial charge in [-0.05, 0) is 61.6 Å². The van der Waals surface area contributed by atoms with Crippen molar-refractivity contribution in [3.05, 3.63) is 53.6 Å². The van der Waals surface area contributed by atoms with Crippen LogP contribution >= 0.6 is 0 Å². The number of ether oxygens (including phenoxy) is 2. The molecule has 2 amide bonds. The summed E-state index contributed by atoms with van der Waals surface area (Å²) in [5, 5.41) is 2.82. The summed E-state index contributed by atoms with van der Waals surface area (Å²) < 4.78 is 10.7. The number of nitrogens with zero attached hydrogens (tertiary/aromatic N) is 1. The number of methoxy groups -OCH3 is 1. The van der Waals surface area contributed by atoms with Gasteiger partial charge in [-0.15, -0.1) is 0 Å². The number of hydrogen-bond acceptors (Lipinski definition) is 5. The molecule has 1 saturated heterocycles. The Hall–Kier alpha value is -3.35. The number of nitrogens with one attached hydrogen (secondary N) is 1. The summed E-state index contributed by atoms with van der Waals surface area (Å²) in [4.78, 5) is 39.2. The molecule has 2 aliphatic rings. The zero-order valence-electron chi connectivity index (χ0n) is 17.7. The molecule has 1 aliphatic heterocycles. The number of fused-ring (bicyclic) bond motifs is 1. The van der Waals surface area contributed by atoms with Crippen molar-refractivity contribution in [1.82, 2.24) is 0 Å². The van der Waals surface area contributed by atoms with Crippen LogP contribution in [0.2, 0.25) is 0 Å². The van der Waals surface area contributed by atoms with Gasteiger partial charge in [-0.2, -0.15) is 0 Å². The van der Waals surface area contributed by atoms with Crippen LogP contribution in [0, 0.1) is 5.92 Å². The van der Waals surface area contributed by atoms with Crippen molar-refractivity contribution in [2.45, 2.75) is 38.7 Å². The maximum absolute atomic E-state index is 12.6. The largest absolute Gasteiger partial charge is 0.495 e. The predicted molar refractivity (Wildman–Crippen MR) is 116 cm³/mol. The van der Waals surface area contributed by atoms with E-state index < -0.39 is 23.9 Å². The summed E-state index contributed by atoms with van der Waals surface area (Å²) in [6.07, 6.45) is 2.30. The van der Waals surface area contributed by atoms with Gasteiger partial charge in [0.05, 0.1) is 18.7 Å². The van der Waals surface area contributed by atoms with Crippen LogP contribution in [0.1, 0.15) is 30.9 Å². The fraction of sp³-hybridized carbons (Fsp3) is 0.375. The molecule has 2 atom stereocenters. The molecular formula is C24H26N2O5. The van der Waals surface area contributed by atoms with Crippen LogP contribution in [-0.4, -0.2) is 37.5 Å². The normalized spacial score (nSPS) is 18.5. The lowest BCUT2D eigenvalue weighted by atomic mass is 10.1. The predicted octanol–water partition coefficient (Wildman–Crippen LogP) is 3.11. The van der Waals surface area contributed by atoms with Crippen LogP contribution < -0.4 is 15.0 Å². The van der Waals surface area contributed by atoms with E-state index in [-0.39, 0.29) is 18.9 Å². The first-order valence-corrected chi connectivity index (χ1v) is 10.5. The maximum Gasteiger partial charge on any atom is 0.312 e. The minimum Gasteiger partial charge on any atom is -0.495 e. The molecule has 1 aliphatic carbocycles. The molecule has 2 aromatic carbocycles. The van der Waals surface area contributed by atoms with Crippen molar-refractivity contribution in [3.63, 3.8) is 0 Å². The molecule has 0 spiro atoms. The molecule has 2 aromatic rings.